The lowest BCUT2D eigenvalue weighted by molar-refractivity contribution is 0.758. The lowest BCUT2D eigenvalue weighted by atomic mass is 10.5. The summed E-state index contributed by atoms with van der Waals surface area (Å²) in [4.78, 5) is 8.37. The summed E-state index contributed by atoms with van der Waals surface area (Å²) in [6.45, 7) is 3.63. The van der Waals surface area contributed by atoms with Gasteiger partial charge < -0.3 is 10.6 Å². The third-order valence-electron chi connectivity index (χ3n) is 1.40. The first-order valence-corrected chi connectivity index (χ1v) is 4.07. The Kier molecular flexibility index (Phi) is 3.47. The molecule has 0 radical (unpaired) electrons. The number of anilines is 1. The van der Waals surface area contributed by atoms with Gasteiger partial charge in [-0.3, -0.25) is 0 Å². The summed E-state index contributed by atoms with van der Waals surface area (Å²) in [6, 6.07) is 1.86. The van der Waals surface area contributed by atoms with Gasteiger partial charge in [0.15, 0.2) is 0 Å². The summed E-state index contributed by atoms with van der Waals surface area (Å²) < 4.78 is 0. The molecule has 0 aromatic carbocycles. The topological polar surface area (TPSA) is 49.8 Å². The Labute approximate surface area is 72.4 Å². The third-order valence-corrected chi connectivity index (χ3v) is 1.40. The average molecular weight is 166 g/mol. The average Bonchev–Trinajstić information content (AvgIpc) is 2.06. The fourth-order valence-electron chi connectivity index (χ4n) is 0.922. The molecule has 0 unspecified atom stereocenters. The van der Waals surface area contributed by atoms with Crippen LogP contribution in [-0.4, -0.2) is 23.6 Å². The number of nitrogens with zero attached hydrogens (tertiary/aromatic N) is 2. The predicted molar refractivity (Wildman–Crippen MR) is 49.0 cm³/mol. The van der Waals surface area contributed by atoms with Gasteiger partial charge in [0.25, 0.3) is 0 Å². The van der Waals surface area contributed by atoms with E-state index in [1.807, 2.05) is 20.0 Å². The minimum absolute atomic E-state index is 0.708. The Balaban J connectivity index is 2.67. The van der Waals surface area contributed by atoms with Crippen LogP contribution in [0, 0.1) is 0 Å². The molecule has 0 spiro atoms. The molecule has 0 atom stereocenters. The van der Waals surface area contributed by atoms with Gasteiger partial charge in [0.2, 0.25) is 0 Å². The van der Waals surface area contributed by atoms with E-state index in [0.29, 0.717) is 6.54 Å². The number of hydrogen-bond donors (Lipinski definition) is 2. The summed E-state index contributed by atoms with van der Waals surface area (Å²) in [6.07, 6.45) is 1.76. The van der Waals surface area contributed by atoms with E-state index in [1.54, 1.807) is 6.20 Å². The monoisotopic (exact) mass is 166 g/mol. The van der Waals surface area contributed by atoms with Crippen molar-refractivity contribution in [1.29, 1.82) is 0 Å². The van der Waals surface area contributed by atoms with Crippen LogP contribution >= 0.6 is 0 Å². The molecule has 1 heterocycles. The highest BCUT2D eigenvalue weighted by Gasteiger charge is 1.95. The number of hydrogen-bond acceptors (Lipinski definition) is 4. The Hall–Kier alpha value is -1.16. The van der Waals surface area contributed by atoms with E-state index in [9.17, 15) is 0 Å². The Morgan fingerprint density at radius 1 is 1.50 bits per heavy atom. The van der Waals surface area contributed by atoms with Crippen molar-refractivity contribution in [3.63, 3.8) is 0 Å². The third kappa shape index (κ3) is 2.47. The van der Waals surface area contributed by atoms with Crippen molar-refractivity contribution in [2.24, 2.45) is 0 Å². The van der Waals surface area contributed by atoms with Crippen molar-refractivity contribution in [3.05, 3.63) is 18.1 Å². The standard InChI is InChI=1S/C8H14N4/c1-3-10-7-4-5-11-8(12-7)6-9-2/h4-5,9H,3,6H2,1-2H3,(H,10,11,12). The van der Waals surface area contributed by atoms with Crippen molar-refractivity contribution < 1.29 is 0 Å². The van der Waals surface area contributed by atoms with Gasteiger partial charge in [0.1, 0.15) is 11.6 Å². The second kappa shape index (κ2) is 4.66. The molecule has 1 aromatic rings. The Bertz CT molecular complexity index is 215. The fraction of sp³-hybridized carbons (Fsp3) is 0.500. The van der Waals surface area contributed by atoms with E-state index >= 15 is 0 Å². The summed E-state index contributed by atoms with van der Waals surface area (Å²) >= 11 is 0. The second-order valence-electron chi connectivity index (χ2n) is 2.42. The molecule has 1 aromatic heterocycles. The Morgan fingerprint density at radius 2 is 2.33 bits per heavy atom. The van der Waals surface area contributed by atoms with Crippen molar-refractivity contribution in [2.45, 2.75) is 13.5 Å². The maximum atomic E-state index is 4.27. The van der Waals surface area contributed by atoms with E-state index in [2.05, 4.69) is 20.6 Å². The molecule has 0 aliphatic heterocycles. The second-order valence-corrected chi connectivity index (χ2v) is 2.42. The van der Waals surface area contributed by atoms with Gasteiger partial charge in [-0.15, -0.1) is 0 Å². The van der Waals surface area contributed by atoms with Gasteiger partial charge in [-0.1, -0.05) is 0 Å². The van der Waals surface area contributed by atoms with E-state index in [4.69, 9.17) is 0 Å². The van der Waals surface area contributed by atoms with E-state index in [-0.39, 0.29) is 0 Å². The van der Waals surface area contributed by atoms with Gasteiger partial charge in [0, 0.05) is 12.7 Å². The molecule has 1 rings (SSSR count). The van der Waals surface area contributed by atoms with E-state index in [1.165, 1.54) is 0 Å². The van der Waals surface area contributed by atoms with Crippen LogP contribution in [0.3, 0.4) is 0 Å². The number of nitrogens with one attached hydrogen (secondary N) is 2. The van der Waals surface area contributed by atoms with Crippen LogP contribution in [0.15, 0.2) is 12.3 Å². The smallest absolute Gasteiger partial charge is 0.144 e. The quantitative estimate of drug-likeness (QED) is 0.688. The molecule has 0 aliphatic rings. The van der Waals surface area contributed by atoms with Crippen LogP contribution in [-0.2, 0) is 6.54 Å². The minimum atomic E-state index is 0.708. The van der Waals surface area contributed by atoms with Crippen LogP contribution in [0.25, 0.3) is 0 Å². The van der Waals surface area contributed by atoms with Crippen molar-refractivity contribution in [1.82, 2.24) is 15.3 Å². The first-order valence-electron chi connectivity index (χ1n) is 4.07. The van der Waals surface area contributed by atoms with Crippen LogP contribution in [0.2, 0.25) is 0 Å². The lowest BCUT2D eigenvalue weighted by Gasteiger charge is -2.03. The predicted octanol–water partition coefficient (Wildman–Crippen LogP) is 0.628. The highest BCUT2D eigenvalue weighted by Crippen LogP contribution is 2.00. The SMILES string of the molecule is CCNc1ccnc(CNC)n1. The van der Waals surface area contributed by atoms with Gasteiger partial charge >= 0.3 is 0 Å². The molecule has 2 N–H and O–H groups in total. The first kappa shape index (κ1) is 8.93. The van der Waals surface area contributed by atoms with Crippen LogP contribution in [0.4, 0.5) is 5.82 Å². The fourth-order valence-corrected chi connectivity index (χ4v) is 0.922. The molecule has 0 fully saturated rings. The highest BCUT2D eigenvalue weighted by molar-refractivity contribution is 5.32. The number of aromatic nitrogens is 2. The molecule has 4 nitrogen and oxygen atoms in total. The molecule has 0 amide bonds. The summed E-state index contributed by atoms with van der Waals surface area (Å²) in [5, 5.41) is 6.13. The first-order chi connectivity index (χ1) is 5.86. The van der Waals surface area contributed by atoms with Crippen molar-refractivity contribution >= 4 is 5.82 Å². The molecular formula is C8H14N4. The molecule has 0 bridgehead atoms. The molecule has 0 saturated carbocycles. The van der Waals surface area contributed by atoms with Crippen LogP contribution in [0.1, 0.15) is 12.7 Å². The zero-order valence-electron chi connectivity index (χ0n) is 7.46. The molecule has 0 saturated heterocycles. The summed E-state index contributed by atoms with van der Waals surface area (Å²) in [7, 11) is 1.88. The molecule has 4 heteroatoms. The van der Waals surface area contributed by atoms with Gasteiger partial charge in [-0.25, -0.2) is 9.97 Å². The van der Waals surface area contributed by atoms with Crippen molar-refractivity contribution in [2.75, 3.05) is 18.9 Å². The lowest BCUT2D eigenvalue weighted by Crippen LogP contribution is -2.10. The summed E-state index contributed by atoms with van der Waals surface area (Å²) in [5.41, 5.74) is 0. The zero-order chi connectivity index (χ0) is 8.81. The van der Waals surface area contributed by atoms with Crippen LogP contribution < -0.4 is 10.6 Å². The molecule has 0 aliphatic carbocycles. The largest absolute Gasteiger partial charge is 0.370 e. The number of rotatable bonds is 4. The molecular weight excluding hydrogens is 152 g/mol. The van der Waals surface area contributed by atoms with E-state index in [0.717, 1.165) is 18.2 Å². The highest BCUT2D eigenvalue weighted by atomic mass is 15.0. The molecule has 66 valence electrons. The van der Waals surface area contributed by atoms with Gasteiger partial charge in [-0.2, -0.15) is 0 Å². The Morgan fingerprint density at radius 3 is 3.00 bits per heavy atom. The van der Waals surface area contributed by atoms with Crippen LogP contribution in [0.5, 0.6) is 0 Å². The van der Waals surface area contributed by atoms with Crippen molar-refractivity contribution in [3.8, 4) is 0 Å². The normalized spacial score (nSPS) is 9.83. The molecule has 12 heavy (non-hydrogen) atoms. The summed E-state index contributed by atoms with van der Waals surface area (Å²) in [5.74, 6) is 1.70. The zero-order valence-corrected chi connectivity index (χ0v) is 7.46. The maximum Gasteiger partial charge on any atom is 0.144 e. The van der Waals surface area contributed by atoms with Gasteiger partial charge in [-0.05, 0) is 20.0 Å². The minimum Gasteiger partial charge on any atom is -0.370 e. The maximum absolute atomic E-state index is 4.27. The van der Waals surface area contributed by atoms with E-state index < -0.39 is 0 Å². The van der Waals surface area contributed by atoms with Gasteiger partial charge in [0.05, 0.1) is 6.54 Å².